The van der Waals surface area contributed by atoms with E-state index in [4.69, 9.17) is 10.8 Å². The Balaban J connectivity index is 2.39. The maximum absolute atomic E-state index is 5.77. The molecule has 0 spiro atoms. The van der Waals surface area contributed by atoms with Crippen LogP contribution in [-0.2, 0) is 32.4 Å². The molecular weight excluding hydrogens is 262 g/mol. The summed E-state index contributed by atoms with van der Waals surface area (Å²) in [6.45, 7) is 10.9. The van der Waals surface area contributed by atoms with Crippen LogP contribution in [0.5, 0.6) is 0 Å². The number of hydrogen-bond donors (Lipinski definition) is 1. The van der Waals surface area contributed by atoms with Crippen molar-refractivity contribution in [1.29, 1.82) is 0 Å². The van der Waals surface area contributed by atoms with E-state index in [0.717, 1.165) is 38.0 Å². The highest BCUT2D eigenvalue weighted by molar-refractivity contribution is 5.28. The van der Waals surface area contributed by atoms with Crippen LogP contribution in [0.15, 0.2) is 6.07 Å². The van der Waals surface area contributed by atoms with Crippen molar-refractivity contribution in [2.45, 2.75) is 60.0 Å². The molecule has 116 valence electrons. The lowest BCUT2D eigenvalue weighted by atomic mass is 10.1. The van der Waals surface area contributed by atoms with Gasteiger partial charge in [-0.2, -0.15) is 10.2 Å². The number of nitrogens with two attached hydrogens (primary N) is 1. The molecule has 0 unspecified atom stereocenters. The molecule has 0 aliphatic carbocycles. The van der Waals surface area contributed by atoms with Crippen molar-refractivity contribution in [2.24, 2.45) is 5.73 Å². The highest BCUT2D eigenvalue weighted by atomic mass is 15.3. The summed E-state index contributed by atoms with van der Waals surface area (Å²) in [6.07, 6.45) is 2.86. The first-order chi connectivity index (χ1) is 10.1. The highest BCUT2D eigenvalue weighted by Crippen LogP contribution is 2.18. The van der Waals surface area contributed by atoms with E-state index >= 15 is 0 Å². The first-order valence-electron chi connectivity index (χ1n) is 7.95. The van der Waals surface area contributed by atoms with E-state index in [-0.39, 0.29) is 0 Å². The van der Waals surface area contributed by atoms with Crippen LogP contribution in [0.1, 0.15) is 49.1 Å². The summed E-state index contributed by atoms with van der Waals surface area (Å²) >= 11 is 0. The van der Waals surface area contributed by atoms with Crippen LogP contribution in [-0.4, -0.2) is 26.1 Å². The molecule has 2 rings (SSSR count). The smallest absolute Gasteiger partial charge is 0.0831 e. The second-order valence-electron chi connectivity index (χ2n) is 5.37. The predicted octanol–water partition coefficient (Wildman–Crippen LogP) is 2.08. The van der Waals surface area contributed by atoms with E-state index in [2.05, 4.69) is 41.3 Å². The maximum Gasteiger partial charge on any atom is 0.0831 e. The number of hydrogen-bond acceptors (Lipinski definition) is 3. The molecule has 0 aliphatic heterocycles. The summed E-state index contributed by atoms with van der Waals surface area (Å²) < 4.78 is 4.21. The summed E-state index contributed by atoms with van der Waals surface area (Å²) in [5, 5.41) is 9.34. The van der Waals surface area contributed by atoms with Crippen molar-refractivity contribution in [3.05, 3.63) is 34.4 Å². The van der Waals surface area contributed by atoms with Crippen LogP contribution in [0.4, 0.5) is 0 Å². The minimum atomic E-state index is 0.678. The zero-order chi connectivity index (χ0) is 15.4. The van der Waals surface area contributed by atoms with Crippen molar-refractivity contribution in [3.63, 3.8) is 0 Å². The van der Waals surface area contributed by atoms with Gasteiger partial charge in [0.05, 0.1) is 23.6 Å². The normalized spacial score (nSPS) is 11.3. The second kappa shape index (κ2) is 6.89. The first kappa shape index (κ1) is 15.8. The quantitative estimate of drug-likeness (QED) is 0.849. The van der Waals surface area contributed by atoms with Crippen molar-refractivity contribution in [1.82, 2.24) is 19.6 Å². The zero-order valence-corrected chi connectivity index (χ0v) is 13.7. The Morgan fingerprint density at radius 1 is 1.10 bits per heavy atom. The Morgan fingerprint density at radius 3 is 2.43 bits per heavy atom. The molecule has 0 atom stereocenters. The van der Waals surface area contributed by atoms with E-state index in [1.165, 1.54) is 22.6 Å². The van der Waals surface area contributed by atoms with Crippen LogP contribution >= 0.6 is 0 Å². The van der Waals surface area contributed by atoms with Gasteiger partial charge in [0.2, 0.25) is 0 Å². The molecule has 0 fully saturated rings. The van der Waals surface area contributed by atoms with Gasteiger partial charge >= 0.3 is 0 Å². The molecule has 0 bridgehead atoms. The lowest BCUT2D eigenvalue weighted by molar-refractivity contribution is 0.560. The fourth-order valence-electron chi connectivity index (χ4n) is 2.99. The Bertz CT molecular complexity index is 594. The molecular formula is C16H27N5. The average Bonchev–Trinajstić information content (AvgIpc) is 2.99. The third kappa shape index (κ3) is 3.18. The molecule has 5 heteroatoms. The van der Waals surface area contributed by atoms with Crippen LogP contribution in [0, 0.1) is 6.92 Å². The van der Waals surface area contributed by atoms with E-state index < -0.39 is 0 Å². The Kier molecular flexibility index (Phi) is 5.17. The zero-order valence-electron chi connectivity index (χ0n) is 13.7. The highest BCUT2D eigenvalue weighted by Gasteiger charge is 2.16. The van der Waals surface area contributed by atoms with Crippen molar-refractivity contribution in [3.8, 4) is 0 Å². The van der Waals surface area contributed by atoms with Gasteiger partial charge in [-0.15, -0.1) is 0 Å². The molecule has 0 radical (unpaired) electrons. The van der Waals surface area contributed by atoms with Gasteiger partial charge in [0.25, 0.3) is 0 Å². The molecule has 21 heavy (non-hydrogen) atoms. The molecule has 2 N–H and O–H groups in total. The van der Waals surface area contributed by atoms with E-state index in [0.29, 0.717) is 6.54 Å². The Labute approximate surface area is 127 Å². The molecule has 0 saturated carbocycles. The van der Waals surface area contributed by atoms with E-state index in [1.807, 2.05) is 6.92 Å². The van der Waals surface area contributed by atoms with E-state index in [9.17, 15) is 0 Å². The van der Waals surface area contributed by atoms with Crippen LogP contribution in [0.3, 0.4) is 0 Å². The number of rotatable bonds is 7. The minimum absolute atomic E-state index is 0.678. The summed E-state index contributed by atoms with van der Waals surface area (Å²) in [6, 6.07) is 2.15. The Hall–Kier alpha value is -1.62. The van der Waals surface area contributed by atoms with Crippen LogP contribution in [0.2, 0.25) is 0 Å². The monoisotopic (exact) mass is 289 g/mol. The second-order valence-corrected chi connectivity index (χ2v) is 5.37. The molecule has 2 aromatic rings. The lowest BCUT2D eigenvalue weighted by Gasteiger charge is -2.09. The van der Waals surface area contributed by atoms with Gasteiger partial charge in [-0.25, -0.2) is 0 Å². The molecule has 2 aromatic heterocycles. The van der Waals surface area contributed by atoms with Gasteiger partial charge in [-0.3, -0.25) is 9.36 Å². The van der Waals surface area contributed by atoms with Gasteiger partial charge < -0.3 is 5.73 Å². The number of aryl methyl sites for hydroxylation is 3. The van der Waals surface area contributed by atoms with E-state index in [1.54, 1.807) is 0 Å². The topological polar surface area (TPSA) is 61.7 Å². The van der Waals surface area contributed by atoms with Gasteiger partial charge in [0.15, 0.2) is 0 Å². The molecule has 0 amide bonds. The molecule has 2 heterocycles. The van der Waals surface area contributed by atoms with Crippen molar-refractivity contribution in [2.75, 3.05) is 6.54 Å². The Morgan fingerprint density at radius 2 is 1.86 bits per heavy atom. The molecule has 5 nitrogen and oxygen atoms in total. The summed E-state index contributed by atoms with van der Waals surface area (Å²) in [7, 11) is 0. The third-order valence-electron chi connectivity index (χ3n) is 3.91. The molecule has 0 saturated heterocycles. The SMILES string of the molecule is CCc1nn(Cc2cc(C)nn2CC)c(CC)c1CCN. The summed E-state index contributed by atoms with van der Waals surface area (Å²) in [5.41, 5.74) is 11.9. The number of nitrogens with zero attached hydrogens (tertiary/aromatic N) is 4. The van der Waals surface area contributed by atoms with Crippen molar-refractivity contribution < 1.29 is 0 Å². The average molecular weight is 289 g/mol. The maximum atomic E-state index is 5.77. The fourth-order valence-corrected chi connectivity index (χ4v) is 2.99. The number of aromatic nitrogens is 4. The minimum Gasteiger partial charge on any atom is -0.330 e. The summed E-state index contributed by atoms with van der Waals surface area (Å²) in [5.74, 6) is 0. The molecule has 0 aromatic carbocycles. The molecule has 0 aliphatic rings. The van der Waals surface area contributed by atoms with Gasteiger partial charge in [0.1, 0.15) is 0 Å². The lowest BCUT2D eigenvalue weighted by Crippen LogP contribution is -2.12. The van der Waals surface area contributed by atoms with Crippen LogP contribution < -0.4 is 5.73 Å². The summed E-state index contributed by atoms with van der Waals surface area (Å²) in [4.78, 5) is 0. The predicted molar refractivity (Wildman–Crippen MR) is 85.5 cm³/mol. The first-order valence-corrected chi connectivity index (χ1v) is 7.95. The van der Waals surface area contributed by atoms with Gasteiger partial charge in [0, 0.05) is 12.2 Å². The standard InChI is InChI=1S/C16H27N5/c1-5-15-14(8-9-17)16(6-2)21(19-15)11-13-10-12(4)18-20(13)7-3/h10H,5-9,11,17H2,1-4H3. The van der Waals surface area contributed by atoms with Gasteiger partial charge in [-0.05, 0) is 51.3 Å². The van der Waals surface area contributed by atoms with Gasteiger partial charge in [-0.1, -0.05) is 13.8 Å². The van der Waals surface area contributed by atoms with Crippen LogP contribution in [0.25, 0.3) is 0 Å². The van der Waals surface area contributed by atoms with Crippen molar-refractivity contribution >= 4 is 0 Å². The fraction of sp³-hybridized carbons (Fsp3) is 0.625. The third-order valence-corrected chi connectivity index (χ3v) is 3.91. The largest absolute Gasteiger partial charge is 0.330 e.